The molecule has 3 rings (SSSR count). The van der Waals surface area contributed by atoms with Crippen molar-refractivity contribution in [1.29, 1.82) is 0 Å². The highest BCUT2D eigenvalue weighted by Crippen LogP contribution is 2.25. The summed E-state index contributed by atoms with van der Waals surface area (Å²) >= 11 is 0. The fraction of sp³-hybridized carbons (Fsp3) is 0.588. The summed E-state index contributed by atoms with van der Waals surface area (Å²) < 4.78 is 0. The Labute approximate surface area is 126 Å². The van der Waals surface area contributed by atoms with Gasteiger partial charge in [-0.25, -0.2) is 0 Å². The van der Waals surface area contributed by atoms with Gasteiger partial charge in [-0.2, -0.15) is 0 Å². The molecule has 1 aromatic carbocycles. The fourth-order valence-electron chi connectivity index (χ4n) is 3.61. The topological polar surface area (TPSA) is 52.6 Å². The molecule has 0 bridgehead atoms. The molecule has 0 radical (unpaired) electrons. The van der Waals surface area contributed by atoms with Crippen LogP contribution in [0, 0.1) is 5.92 Å². The number of benzene rings is 1. The third-order valence-corrected chi connectivity index (χ3v) is 4.91. The van der Waals surface area contributed by atoms with Crippen molar-refractivity contribution in [2.75, 3.05) is 25.0 Å². The second kappa shape index (κ2) is 6.16. The number of aliphatic hydroxyl groups excluding tert-OH is 1. The average molecular weight is 288 g/mol. The predicted molar refractivity (Wildman–Crippen MR) is 83.3 cm³/mol. The van der Waals surface area contributed by atoms with Crippen LogP contribution in [0.2, 0.25) is 0 Å². The molecule has 4 heteroatoms. The summed E-state index contributed by atoms with van der Waals surface area (Å²) in [5, 5.41) is 12.4. The lowest BCUT2D eigenvalue weighted by Crippen LogP contribution is -2.40. The fourth-order valence-corrected chi connectivity index (χ4v) is 3.61. The third-order valence-electron chi connectivity index (χ3n) is 4.91. The second-order valence-corrected chi connectivity index (χ2v) is 6.37. The zero-order chi connectivity index (χ0) is 14.8. The first kappa shape index (κ1) is 14.5. The van der Waals surface area contributed by atoms with Crippen LogP contribution in [0.5, 0.6) is 0 Å². The zero-order valence-electron chi connectivity index (χ0n) is 12.6. The molecular formula is C17H24N2O2. The van der Waals surface area contributed by atoms with Crippen molar-refractivity contribution in [3.63, 3.8) is 0 Å². The molecule has 1 aliphatic carbocycles. The van der Waals surface area contributed by atoms with E-state index in [2.05, 4.69) is 29.3 Å². The molecule has 1 amide bonds. The summed E-state index contributed by atoms with van der Waals surface area (Å²) in [7, 11) is 0. The second-order valence-electron chi connectivity index (χ2n) is 6.37. The minimum atomic E-state index is 0.0143. The van der Waals surface area contributed by atoms with E-state index in [0.717, 1.165) is 31.5 Å². The molecule has 1 aromatic rings. The molecular weight excluding hydrogens is 264 g/mol. The highest BCUT2D eigenvalue weighted by Gasteiger charge is 2.31. The molecule has 114 valence electrons. The van der Waals surface area contributed by atoms with Crippen molar-refractivity contribution in [1.82, 2.24) is 4.90 Å². The maximum absolute atomic E-state index is 12.2. The van der Waals surface area contributed by atoms with Crippen LogP contribution in [-0.4, -0.2) is 41.7 Å². The molecule has 21 heavy (non-hydrogen) atoms. The third kappa shape index (κ3) is 3.11. The Morgan fingerprint density at radius 3 is 3.00 bits per heavy atom. The molecule has 2 N–H and O–H groups in total. The summed E-state index contributed by atoms with van der Waals surface area (Å²) in [6.07, 6.45) is 4.55. The van der Waals surface area contributed by atoms with Crippen LogP contribution in [0.3, 0.4) is 0 Å². The van der Waals surface area contributed by atoms with E-state index in [1.807, 2.05) is 6.07 Å². The number of amides is 1. The number of aryl methyl sites for hydroxylation is 2. The Morgan fingerprint density at radius 2 is 2.19 bits per heavy atom. The van der Waals surface area contributed by atoms with Crippen LogP contribution in [0.4, 0.5) is 5.69 Å². The van der Waals surface area contributed by atoms with Gasteiger partial charge >= 0.3 is 0 Å². The van der Waals surface area contributed by atoms with Crippen molar-refractivity contribution in [2.45, 2.75) is 38.6 Å². The first-order chi connectivity index (χ1) is 10.2. The monoisotopic (exact) mass is 288 g/mol. The van der Waals surface area contributed by atoms with Crippen LogP contribution in [-0.2, 0) is 17.6 Å². The van der Waals surface area contributed by atoms with Gasteiger partial charge in [-0.15, -0.1) is 0 Å². The molecule has 1 aliphatic heterocycles. The van der Waals surface area contributed by atoms with Gasteiger partial charge in [0, 0.05) is 11.7 Å². The van der Waals surface area contributed by atoms with Gasteiger partial charge in [0.05, 0.1) is 13.2 Å². The van der Waals surface area contributed by atoms with Gasteiger partial charge in [0.25, 0.3) is 0 Å². The summed E-state index contributed by atoms with van der Waals surface area (Å²) in [5.74, 6) is 0.475. The van der Waals surface area contributed by atoms with Crippen molar-refractivity contribution in [3.05, 3.63) is 29.3 Å². The van der Waals surface area contributed by atoms with E-state index in [0.29, 0.717) is 12.5 Å². The first-order valence-corrected chi connectivity index (χ1v) is 7.94. The maximum Gasteiger partial charge on any atom is 0.238 e. The van der Waals surface area contributed by atoms with Gasteiger partial charge in [-0.3, -0.25) is 9.69 Å². The van der Waals surface area contributed by atoms with Gasteiger partial charge in [-0.05, 0) is 61.4 Å². The summed E-state index contributed by atoms with van der Waals surface area (Å²) in [6.45, 7) is 3.53. The van der Waals surface area contributed by atoms with Crippen molar-refractivity contribution in [3.8, 4) is 0 Å². The molecule has 4 nitrogen and oxygen atoms in total. The summed E-state index contributed by atoms with van der Waals surface area (Å²) in [4.78, 5) is 14.3. The normalized spacial score (nSPS) is 25.0. The van der Waals surface area contributed by atoms with Gasteiger partial charge < -0.3 is 10.4 Å². The van der Waals surface area contributed by atoms with Crippen molar-refractivity contribution >= 4 is 11.6 Å². The largest absolute Gasteiger partial charge is 0.395 e. The molecule has 2 unspecified atom stereocenters. The number of hydrogen-bond donors (Lipinski definition) is 2. The summed E-state index contributed by atoms with van der Waals surface area (Å²) in [5.41, 5.74) is 3.69. The van der Waals surface area contributed by atoms with Gasteiger partial charge in [0.2, 0.25) is 5.91 Å². The number of aliphatic hydroxyl groups is 1. The van der Waals surface area contributed by atoms with Gasteiger partial charge in [0.15, 0.2) is 0 Å². The molecule has 0 aromatic heterocycles. The predicted octanol–water partition coefficient (Wildman–Crippen LogP) is 1.82. The number of nitrogens with one attached hydrogen (secondary N) is 1. The number of nitrogens with zero attached hydrogens (tertiary/aromatic N) is 1. The molecule has 1 saturated heterocycles. The van der Waals surface area contributed by atoms with E-state index in [-0.39, 0.29) is 18.6 Å². The molecule has 0 saturated carbocycles. The lowest BCUT2D eigenvalue weighted by atomic mass is 10.0. The molecule has 2 aliphatic rings. The van der Waals surface area contributed by atoms with Crippen LogP contribution in [0.15, 0.2) is 18.2 Å². The number of rotatable bonds is 4. The SMILES string of the molecule is CC1CCN(CC(=O)Nc2ccc3c(c2)CCC3)C1CO. The van der Waals surface area contributed by atoms with Crippen LogP contribution >= 0.6 is 0 Å². The Bertz CT molecular complexity index is 530. The number of carbonyl (C=O) groups excluding carboxylic acids is 1. The highest BCUT2D eigenvalue weighted by molar-refractivity contribution is 5.92. The number of carbonyl (C=O) groups is 1. The van der Waals surface area contributed by atoms with E-state index < -0.39 is 0 Å². The lowest BCUT2D eigenvalue weighted by Gasteiger charge is -2.24. The first-order valence-electron chi connectivity index (χ1n) is 7.94. The smallest absolute Gasteiger partial charge is 0.238 e. The lowest BCUT2D eigenvalue weighted by molar-refractivity contribution is -0.117. The van der Waals surface area contributed by atoms with Gasteiger partial charge in [0.1, 0.15) is 0 Å². The Hall–Kier alpha value is -1.39. The summed E-state index contributed by atoms with van der Waals surface area (Å²) in [6, 6.07) is 6.36. The zero-order valence-corrected chi connectivity index (χ0v) is 12.6. The Kier molecular flexibility index (Phi) is 4.27. The van der Waals surface area contributed by atoms with E-state index in [1.165, 1.54) is 17.5 Å². The van der Waals surface area contributed by atoms with Gasteiger partial charge in [-0.1, -0.05) is 13.0 Å². The van der Waals surface area contributed by atoms with Crippen molar-refractivity contribution < 1.29 is 9.90 Å². The molecule has 0 spiro atoms. The average Bonchev–Trinajstić information content (AvgIpc) is 3.05. The van der Waals surface area contributed by atoms with Crippen LogP contribution in [0.1, 0.15) is 30.9 Å². The van der Waals surface area contributed by atoms with Crippen LogP contribution < -0.4 is 5.32 Å². The molecule has 2 atom stereocenters. The van der Waals surface area contributed by atoms with E-state index >= 15 is 0 Å². The highest BCUT2D eigenvalue weighted by atomic mass is 16.3. The van der Waals surface area contributed by atoms with Crippen LogP contribution in [0.25, 0.3) is 0 Å². The Morgan fingerprint density at radius 1 is 1.38 bits per heavy atom. The number of likely N-dealkylation sites (tertiary alicyclic amines) is 1. The quantitative estimate of drug-likeness (QED) is 0.888. The number of anilines is 1. The maximum atomic E-state index is 12.2. The Balaban J connectivity index is 1.59. The number of hydrogen-bond acceptors (Lipinski definition) is 3. The van der Waals surface area contributed by atoms with Crippen molar-refractivity contribution in [2.24, 2.45) is 5.92 Å². The molecule has 1 fully saturated rings. The van der Waals surface area contributed by atoms with E-state index in [9.17, 15) is 9.90 Å². The van der Waals surface area contributed by atoms with E-state index in [4.69, 9.17) is 0 Å². The molecule has 1 heterocycles. The minimum absolute atomic E-state index is 0.0143. The minimum Gasteiger partial charge on any atom is -0.395 e. The number of fused-ring (bicyclic) bond motifs is 1. The van der Waals surface area contributed by atoms with E-state index in [1.54, 1.807) is 0 Å². The standard InChI is InChI=1S/C17H24N2O2/c1-12-7-8-19(16(12)11-20)10-17(21)18-15-6-5-13-3-2-4-14(13)9-15/h5-6,9,12,16,20H,2-4,7-8,10-11H2,1H3,(H,18,21).